The van der Waals surface area contributed by atoms with Crippen LogP contribution in [0.15, 0.2) is 29.6 Å². The van der Waals surface area contributed by atoms with E-state index in [4.69, 9.17) is 29.7 Å². The summed E-state index contributed by atoms with van der Waals surface area (Å²) in [6.45, 7) is 25.9. The Morgan fingerprint density at radius 1 is 0.797 bits per heavy atom. The number of aromatic nitrogens is 3. The Morgan fingerprint density at radius 3 is 2.03 bits per heavy atom. The standard InChI is InChI=1S/C54H71N4O5.Mg/c1-13-39-36(9)43-28-44-37(10)40(23-24-47(59)63-26-25-33(6)22-16-21-32(5)20-15-19-31(4)18-14-17-30(2)3)51(57-44)49-50(54(61)62-12)53(60)48-38(11)45(58-52(48)49)27-41-34(7)35(8)42(55-41)29-46(39)56-43;/h13,25,27-32,37,40,50H,1,14-24,26H2,2-12H3,(H-,57,58,60);/q-3;+2/p-1/b33-25-,41-27-,42-29-,44-28-;/t31-,32-,37+,40+,50-;/m1./s1. The fourth-order valence-electron chi connectivity index (χ4n) is 9.71. The number of hydrogen-bond donors (Lipinski definition) is 0. The van der Waals surface area contributed by atoms with Crippen molar-refractivity contribution in [2.24, 2.45) is 35.5 Å². The predicted octanol–water partition coefficient (Wildman–Crippen LogP) is 10.1. The van der Waals surface area contributed by atoms with Gasteiger partial charge >= 0.3 is 35.0 Å². The van der Waals surface area contributed by atoms with Gasteiger partial charge in [0.05, 0.1) is 7.11 Å². The molecule has 8 bridgehead atoms. The van der Waals surface area contributed by atoms with Gasteiger partial charge in [-0.15, -0.1) is 33.5 Å². The maximum absolute atomic E-state index is 14.3. The van der Waals surface area contributed by atoms with Gasteiger partial charge in [0.15, 0.2) is 5.78 Å². The zero-order valence-corrected chi connectivity index (χ0v) is 42.0. The number of methoxy groups -OCH3 is 1. The number of allylic oxidation sites excluding steroid dienone is 3. The monoisotopic (exact) mass is 879 g/mol. The summed E-state index contributed by atoms with van der Waals surface area (Å²) in [5, 5.41) is 6.77. The molecule has 5 atom stereocenters. The zero-order chi connectivity index (χ0) is 45.7. The SMILES string of the molecule is C=Cc1c2[n-]c(c1C)/C=C1\[N-]/C(=C3\c4[n-]c(c(C)c4C(=O)[C@@H]3C(=O)OC)/C=c3\[n-]/c(c(C)c3C)=C\2)[C@@H](CCC(=O)OC/C=C(/C)CCC[C@H](C)CCC[C@H](C)CCCC(C)C)[C@@H]1C.[Mg+2]. The number of carbonyl (C=O) groups is 3. The van der Waals surface area contributed by atoms with E-state index < -0.39 is 11.9 Å². The molecular weight excluding hydrogens is 809 g/mol. The Bertz CT molecular complexity index is 2440. The number of ketones is 1. The molecule has 2 aliphatic heterocycles. The molecule has 3 aliphatic rings. The van der Waals surface area contributed by atoms with Crippen molar-refractivity contribution in [1.29, 1.82) is 0 Å². The third-order valence-corrected chi connectivity index (χ3v) is 14.1. The molecule has 10 heteroatoms. The molecule has 0 radical (unpaired) electrons. The molecular formula is C54H70MgN4O5-2. The van der Waals surface area contributed by atoms with E-state index in [1.807, 2.05) is 58.1 Å². The normalized spacial score (nSPS) is 21.8. The smallest absolute Gasteiger partial charge is 0.664 e. The van der Waals surface area contributed by atoms with Crippen LogP contribution in [0.1, 0.15) is 173 Å². The van der Waals surface area contributed by atoms with Crippen molar-refractivity contribution in [3.8, 4) is 0 Å². The first-order chi connectivity index (χ1) is 30.0. The predicted molar refractivity (Wildman–Crippen MR) is 260 cm³/mol. The molecule has 0 aromatic carbocycles. The van der Waals surface area contributed by atoms with Gasteiger partial charge in [-0.25, -0.2) is 0 Å². The molecule has 0 unspecified atom stereocenters. The summed E-state index contributed by atoms with van der Waals surface area (Å²) in [5.41, 5.74) is 10.5. The first-order valence-electron chi connectivity index (χ1n) is 23.5. The minimum absolute atomic E-state index is 0. The van der Waals surface area contributed by atoms with E-state index in [0.29, 0.717) is 46.1 Å². The largest absolute Gasteiger partial charge is 2.00 e. The topological polar surface area (TPSA) is 126 Å². The Kier molecular flexibility index (Phi) is 17.6. The van der Waals surface area contributed by atoms with Crippen LogP contribution in [0.5, 0.6) is 0 Å². The molecule has 0 amide bonds. The number of ether oxygens (including phenoxy) is 2. The molecule has 340 valence electrons. The molecule has 0 saturated carbocycles. The van der Waals surface area contributed by atoms with Crippen molar-refractivity contribution in [2.45, 2.75) is 140 Å². The minimum atomic E-state index is -1.22. The van der Waals surface area contributed by atoms with Crippen molar-refractivity contribution in [1.82, 2.24) is 15.0 Å². The van der Waals surface area contributed by atoms with Crippen LogP contribution in [0.3, 0.4) is 0 Å². The van der Waals surface area contributed by atoms with Crippen molar-refractivity contribution >= 4 is 70.7 Å². The third-order valence-electron chi connectivity index (χ3n) is 14.1. The van der Waals surface area contributed by atoms with Gasteiger partial charge in [0.1, 0.15) is 12.5 Å². The number of hydrogen-bond acceptors (Lipinski definition) is 5. The first-order valence-corrected chi connectivity index (χ1v) is 23.5. The Hall–Kier alpha value is -4.28. The maximum atomic E-state index is 14.3. The summed E-state index contributed by atoms with van der Waals surface area (Å²) in [5.74, 6) is -0.716. The average molecular weight is 879 g/mol. The maximum Gasteiger partial charge on any atom is 2.00 e. The van der Waals surface area contributed by atoms with Crippen molar-refractivity contribution in [2.75, 3.05) is 13.7 Å². The van der Waals surface area contributed by atoms with Crippen LogP contribution < -0.4 is 25.7 Å². The number of nitrogens with zero attached hydrogens (tertiary/aromatic N) is 4. The molecule has 5 heterocycles. The molecule has 1 saturated heterocycles. The second-order valence-electron chi connectivity index (χ2n) is 19.2. The quantitative estimate of drug-likeness (QED) is 0.0504. The minimum Gasteiger partial charge on any atom is -0.664 e. The zero-order valence-electron chi connectivity index (χ0n) is 40.6. The molecule has 3 aromatic rings. The fourth-order valence-corrected chi connectivity index (χ4v) is 9.71. The second kappa shape index (κ2) is 22.3. The third kappa shape index (κ3) is 11.2. The molecule has 64 heavy (non-hydrogen) atoms. The van der Waals surface area contributed by atoms with Gasteiger partial charge in [-0.3, -0.25) is 14.4 Å². The van der Waals surface area contributed by atoms with Crippen LogP contribution in [-0.2, 0) is 19.1 Å². The van der Waals surface area contributed by atoms with E-state index in [2.05, 4.69) is 48.1 Å². The van der Waals surface area contributed by atoms with Gasteiger partial charge < -0.3 is 29.7 Å². The summed E-state index contributed by atoms with van der Waals surface area (Å²) in [6.07, 6.45) is 21.6. The van der Waals surface area contributed by atoms with Crippen LogP contribution in [0.25, 0.3) is 35.2 Å². The van der Waals surface area contributed by atoms with Gasteiger partial charge in [0.2, 0.25) is 0 Å². The van der Waals surface area contributed by atoms with Crippen molar-refractivity contribution in [3.63, 3.8) is 0 Å². The summed E-state index contributed by atoms with van der Waals surface area (Å²) in [6, 6.07) is 0. The fraction of sp³-hybridized carbons (Fsp3) is 0.537. The molecule has 0 N–H and O–H groups in total. The van der Waals surface area contributed by atoms with Crippen LogP contribution >= 0.6 is 0 Å². The van der Waals surface area contributed by atoms with Crippen LogP contribution in [0.4, 0.5) is 0 Å². The van der Waals surface area contributed by atoms with Crippen LogP contribution in [0.2, 0.25) is 0 Å². The summed E-state index contributed by atoms with van der Waals surface area (Å²) in [7, 11) is 1.29. The summed E-state index contributed by atoms with van der Waals surface area (Å²) in [4.78, 5) is 56.4. The van der Waals surface area contributed by atoms with Crippen LogP contribution in [-0.4, -0.2) is 54.5 Å². The van der Waals surface area contributed by atoms with Crippen LogP contribution in [0, 0.1) is 63.2 Å². The van der Waals surface area contributed by atoms with Crippen molar-refractivity contribution < 1.29 is 23.9 Å². The van der Waals surface area contributed by atoms with Gasteiger partial charge in [-0.05, 0) is 95.1 Å². The molecule has 1 fully saturated rings. The Balaban J connectivity index is 0.00000771. The first kappa shape index (κ1) is 50.7. The van der Waals surface area contributed by atoms with Gasteiger partial charge in [-0.2, -0.15) is 11.4 Å². The van der Waals surface area contributed by atoms with Gasteiger partial charge in [0.25, 0.3) is 0 Å². The Labute approximate surface area is 398 Å². The average Bonchev–Trinajstić information content (AvgIpc) is 3.97. The van der Waals surface area contributed by atoms with Gasteiger partial charge in [0, 0.05) is 12.0 Å². The summed E-state index contributed by atoms with van der Waals surface area (Å²) < 4.78 is 11.0. The second-order valence-corrected chi connectivity index (χ2v) is 19.2. The molecule has 6 rings (SSSR count). The van der Waals surface area contributed by atoms with E-state index in [9.17, 15) is 14.4 Å². The molecule has 0 spiro atoms. The van der Waals surface area contributed by atoms with Crippen molar-refractivity contribution in [3.05, 3.63) is 102 Å². The number of Topliss-reactive ketones (excluding diaryl/α,β-unsaturated/α-hetero) is 1. The molecule has 9 nitrogen and oxygen atoms in total. The van der Waals surface area contributed by atoms with E-state index >= 15 is 0 Å². The van der Waals surface area contributed by atoms with E-state index in [0.717, 1.165) is 74.7 Å². The van der Waals surface area contributed by atoms with E-state index in [1.54, 1.807) is 0 Å². The number of esters is 2. The van der Waals surface area contributed by atoms with E-state index in [1.165, 1.54) is 57.6 Å². The Morgan fingerprint density at radius 2 is 1.41 bits per heavy atom. The number of carbonyl (C=O) groups excluding carboxylic acids is 3. The van der Waals surface area contributed by atoms with E-state index in [-0.39, 0.29) is 59.7 Å². The van der Waals surface area contributed by atoms with Gasteiger partial charge in [-0.1, -0.05) is 144 Å². The molecule has 1 aliphatic carbocycles. The number of rotatable bonds is 19. The number of fused-ring (bicyclic) bond motifs is 7. The molecule has 3 aromatic heterocycles. The summed E-state index contributed by atoms with van der Waals surface area (Å²) >= 11 is 0.